The lowest BCUT2D eigenvalue weighted by molar-refractivity contribution is 0.581. The fourth-order valence-corrected chi connectivity index (χ4v) is 2.84. The Kier molecular flexibility index (Phi) is 3.44. The van der Waals surface area contributed by atoms with E-state index in [0.29, 0.717) is 0 Å². The van der Waals surface area contributed by atoms with E-state index in [1.165, 1.54) is 4.88 Å². The molecule has 0 saturated carbocycles. The van der Waals surface area contributed by atoms with Crippen LogP contribution < -0.4 is 5.73 Å². The van der Waals surface area contributed by atoms with Crippen molar-refractivity contribution in [3.05, 3.63) is 65.8 Å². The van der Waals surface area contributed by atoms with Crippen LogP contribution in [0, 0.1) is 0 Å². The van der Waals surface area contributed by atoms with Gasteiger partial charge in [-0.3, -0.25) is 0 Å². The monoisotopic (exact) mass is 269 g/mol. The minimum Gasteiger partial charge on any atom is -0.328 e. The van der Waals surface area contributed by atoms with Crippen LogP contribution >= 0.6 is 11.3 Å². The first kappa shape index (κ1) is 12.1. The van der Waals surface area contributed by atoms with Gasteiger partial charge in [0, 0.05) is 25.0 Å². The molecule has 19 heavy (non-hydrogen) atoms. The van der Waals surface area contributed by atoms with Gasteiger partial charge in [0.2, 0.25) is 0 Å². The maximum Gasteiger partial charge on any atom is 0.150 e. The average Bonchev–Trinajstić information content (AvgIpc) is 3.10. The third-order valence-electron chi connectivity index (χ3n) is 3.08. The quantitative estimate of drug-likeness (QED) is 0.789. The van der Waals surface area contributed by atoms with Crippen molar-refractivity contribution in [3.8, 4) is 10.7 Å². The van der Waals surface area contributed by atoms with Gasteiger partial charge in [0.05, 0.1) is 4.88 Å². The summed E-state index contributed by atoms with van der Waals surface area (Å²) in [4.78, 5) is 5.59. The second-order valence-corrected chi connectivity index (χ2v) is 5.35. The van der Waals surface area contributed by atoms with E-state index in [2.05, 4.69) is 33.1 Å². The molecule has 1 unspecified atom stereocenters. The summed E-state index contributed by atoms with van der Waals surface area (Å²) < 4.78 is 2.11. The molecule has 0 saturated heterocycles. The lowest BCUT2D eigenvalue weighted by atomic mass is 10.1. The van der Waals surface area contributed by atoms with Crippen LogP contribution in [0.1, 0.15) is 11.6 Å². The van der Waals surface area contributed by atoms with Gasteiger partial charge in [-0.25, -0.2) is 4.98 Å². The fourth-order valence-electron chi connectivity index (χ4n) is 2.10. The summed E-state index contributed by atoms with van der Waals surface area (Å²) >= 11 is 1.69. The highest BCUT2D eigenvalue weighted by atomic mass is 32.1. The van der Waals surface area contributed by atoms with Crippen molar-refractivity contribution in [2.24, 2.45) is 5.73 Å². The van der Waals surface area contributed by atoms with Crippen LogP contribution in [0.5, 0.6) is 0 Å². The van der Waals surface area contributed by atoms with Crippen LogP contribution in [0.15, 0.2) is 60.2 Å². The van der Waals surface area contributed by atoms with Gasteiger partial charge in [0.1, 0.15) is 5.82 Å². The van der Waals surface area contributed by atoms with Crippen LogP contribution in [-0.4, -0.2) is 9.55 Å². The number of rotatable bonds is 4. The molecule has 0 amide bonds. The zero-order valence-electron chi connectivity index (χ0n) is 10.4. The van der Waals surface area contributed by atoms with Crippen LogP contribution in [0.3, 0.4) is 0 Å². The lowest BCUT2D eigenvalue weighted by Gasteiger charge is -2.14. The van der Waals surface area contributed by atoms with Crippen LogP contribution in [0.2, 0.25) is 0 Å². The zero-order chi connectivity index (χ0) is 13.1. The molecule has 2 aromatic heterocycles. The average molecular weight is 269 g/mol. The SMILES string of the molecule is NC(Cn1ccnc1-c1cccs1)c1ccccc1. The molecule has 0 aliphatic heterocycles. The molecule has 2 heterocycles. The number of nitrogens with two attached hydrogens (primary N) is 1. The summed E-state index contributed by atoms with van der Waals surface area (Å²) in [6.07, 6.45) is 3.81. The number of hydrogen-bond donors (Lipinski definition) is 1. The zero-order valence-corrected chi connectivity index (χ0v) is 11.3. The summed E-state index contributed by atoms with van der Waals surface area (Å²) in [5.41, 5.74) is 7.41. The second kappa shape index (κ2) is 5.38. The standard InChI is InChI=1S/C15H15N3S/c16-13(12-5-2-1-3-6-12)11-18-9-8-17-15(18)14-7-4-10-19-14/h1-10,13H,11,16H2. The summed E-state index contributed by atoms with van der Waals surface area (Å²) in [6.45, 7) is 0.733. The maximum absolute atomic E-state index is 6.26. The predicted molar refractivity (Wildman–Crippen MR) is 78.9 cm³/mol. The lowest BCUT2D eigenvalue weighted by Crippen LogP contribution is -2.17. The summed E-state index contributed by atoms with van der Waals surface area (Å²) in [5.74, 6) is 0.987. The minimum absolute atomic E-state index is 0.0193. The highest BCUT2D eigenvalue weighted by molar-refractivity contribution is 7.13. The molecule has 3 aromatic rings. The molecule has 1 atom stereocenters. The number of aromatic nitrogens is 2. The van der Waals surface area contributed by atoms with Crippen molar-refractivity contribution in [3.63, 3.8) is 0 Å². The predicted octanol–water partition coefficient (Wildman–Crippen LogP) is 3.31. The van der Waals surface area contributed by atoms with E-state index in [-0.39, 0.29) is 6.04 Å². The first-order valence-corrected chi connectivity index (χ1v) is 7.08. The van der Waals surface area contributed by atoms with Crippen LogP contribution in [0.25, 0.3) is 10.7 Å². The van der Waals surface area contributed by atoms with E-state index in [1.807, 2.05) is 36.7 Å². The molecular weight excluding hydrogens is 254 g/mol. The Bertz CT molecular complexity index is 628. The smallest absolute Gasteiger partial charge is 0.150 e. The normalized spacial score (nSPS) is 12.5. The fraction of sp³-hybridized carbons (Fsp3) is 0.133. The van der Waals surface area contributed by atoms with Crippen molar-refractivity contribution >= 4 is 11.3 Å². The van der Waals surface area contributed by atoms with E-state index in [9.17, 15) is 0 Å². The Balaban J connectivity index is 1.83. The van der Waals surface area contributed by atoms with E-state index in [4.69, 9.17) is 5.73 Å². The molecule has 0 aliphatic carbocycles. The van der Waals surface area contributed by atoms with Crippen molar-refractivity contribution in [1.82, 2.24) is 9.55 Å². The molecular formula is C15H15N3S. The highest BCUT2D eigenvalue weighted by Crippen LogP contribution is 2.24. The largest absolute Gasteiger partial charge is 0.328 e. The molecule has 3 nitrogen and oxygen atoms in total. The van der Waals surface area contributed by atoms with Crippen LogP contribution in [-0.2, 0) is 6.54 Å². The molecule has 0 radical (unpaired) electrons. The summed E-state index contributed by atoms with van der Waals surface area (Å²) in [7, 11) is 0. The van der Waals surface area contributed by atoms with Crippen molar-refractivity contribution in [1.29, 1.82) is 0 Å². The van der Waals surface area contributed by atoms with Gasteiger partial charge in [0.25, 0.3) is 0 Å². The number of benzene rings is 1. The first-order valence-electron chi connectivity index (χ1n) is 6.20. The van der Waals surface area contributed by atoms with Crippen LogP contribution in [0.4, 0.5) is 0 Å². The van der Waals surface area contributed by atoms with Crippen molar-refractivity contribution in [2.45, 2.75) is 12.6 Å². The Morgan fingerprint density at radius 3 is 2.74 bits per heavy atom. The Morgan fingerprint density at radius 1 is 1.16 bits per heavy atom. The van der Waals surface area contributed by atoms with E-state index in [1.54, 1.807) is 11.3 Å². The topological polar surface area (TPSA) is 43.8 Å². The third-order valence-corrected chi connectivity index (χ3v) is 3.94. The number of imidazole rings is 1. The van der Waals surface area contributed by atoms with Gasteiger partial charge in [-0.2, -0.15) is 0 Å². The third kappa shape index (κ3) is 2.59. The highest BCUT2D eigenvalue weighted by Gasteiger charge is 2.11. The summed E-state index contributed by atoms with van der Waals surface area (Å²) in [6, 6.07) is 14.3. The number of nitrogens with zero attached hydrogens (tertiary/aromatic N) is 2. The molecule has 3 rings (SSSR count). The van der Waals surface area contributed by atoms with Gasteiger partial charge >= 0.3 is 0 Å². The molecule has 0 spiro atoms. The van der Waals surface area contributed by atoms with Crippen molar-refractivity contribution < 1.29 is 0 Å². The molecule has 0 aliphatic rings. The molecule has 0 fully saturated rings. The van der Waals surface area contributed by atoms with Gasteiger partial charge in [0.15, 0.2) is 0 Å². The molecule has 4 heteroatoms. The second-order valence-electron chi connectivity index (χ2n) is 4.40. The maximum atomic E-state index is 6.26. The van der Waals surface area contributed by atoms with Crippen molar-refractivity contribution in [2.75, 3.05) is 0 Å². The molecule has 2 N–H and O–H groups in total. The van der Waals surface area contributed by atoms with Gasteiger partial charge < -0.3 is 10.3 Å². The van der Waals surface area contributed by atoms with E-state index >= 15 is 0 Å². The Morgan fingerprint density at radius 2 is 2.00 bits per heavy atom. The molecule has 96 valence electrons. The minimum atomic E-state index is -0.0193. The number of thiophene rings is 1. The first-order chi connectivity index (χ1) is 9.34. The Labute approximate surface area is 116 Å². The molecule has 1 aromatic carbocycles. The number of hydrogen-bond acceptors (Lipinski definition) is 3. The van der Waals surface area contributed by atoms with Gasteiger partial charge in [-0.05, 0) is 17.0 Å². The van der Waals surface area contributed by atoms with Gasteiger partial charge in [-0.15, -0.1) is 11.3 Å². The molecule has 0 bridgehead atoms. The van der Waals surface area contributed by atoms with E-state index < -0.39 is 0 Å². The van der Waals surface area contributed by atoms with Gasteiger partial charge in [-0.1, -0.05) is 36.4 Å². The van der Waals surface area contributed by atoms with E-state index in [0.717, 1.165) is 17.9 Å². The Hall–Kier alpha value is -1.91. The summed E-state index contributed by atoms with van der Waals surface area (Å²) in [5, 5.41) is 2.06.